The summed E-state index contributed by atoms with van der Waals surface area (Å²) in [6, 6.07) is 10.9. The topological polar surface area (TPSA) is 109 Å². The molecule has 3 aromatic rings. The smallest absolute Gasteiger partial charge is 0.238 e. The highest BCUT2D eigenvalue weighted by molar-refractivity contribution is 7.70. The SMILES string of the molecule is CCOc1nc(CCO)ccc1Nc1ncc(Cl)c(Nc2ccccc2P(C)(C)=O)n1. The number of pyridine rings is 1. The van der Waals surface area contributed by atoms with E-state index in [1.165, 1.54) is 6.20 Å². The van der Waals surface area contributed by atoms with Crippen LogP contribution < -0.4 is 20.7 Å². The average molecular weight is 462 g/mol. The van der Waals surface area contributed by atoms with E-state index in [1.54, 1.807) is 25.5 Å². The van der Waals surface area contributed by atoms with Crippen LogP contribution in [0.4, 0.5) is 23.1 Å². The Kier molecular flexibility index (Phi) is 7.49. The average Bonchev–Trinajstić information content (AvgIpc) is 2.72. The molecule has 31 heavy (non-hydrogen) atoms. The molecule has 2 heterocycles. The highest BCUT2D eigenvalue weighted by Gasteiger charge is 2.17. The number of aromatic nitrogens is 3. The number of hydrogen-bond donors (Lipinski definition) is 3. The molecule has 0 aliphatic carbocycles. The third kappa shape index (κ3) is 5.94. The van der Waals surface area contributed by atoms with Gasteiger partial charge in [-0.2, -0.15) is 4.98 Å². The van der Waals surface area contributed by atoms with Crippen molar-refractivity contribution in [2.75, 3.05) is 37.2 Å². The number of rotatable bonds is 9. The first-order valence-electron chi connectivity index (χ1n) is 9.76. The molecule has 8 nitrogen and oxygen atoms in total. The van der Waals surface area contributed by atoms with E-state index in [1.807, 2.05) is 31.2 Å². The molecular weight excluding hydrogens is 437 g/mol. The lowest BCUT2D eigenvalue weighted by Gasteiger charge is -2.16. The predicted octanol–water partition coefficient (Wildman–Crippen LogP) is 4.19. The molecule has 164 valence electrons. The van der Waals surface area contributed by atoms with Crippen LogP contribution in [0.3, 0.4) is 0 Å². The molecule has 0 unspecified atom stereocenters. The molecule has 0 atom stereocenters. The molecule has 0 saturated heterocycles. The van der Waals surface area contributed by atoms with E-state index in [2.05, 4.69) is 25.6 Å². The van der Waals surface area contributed by atoms with Crippen LogP contribution in [0, 0.1) is 0 Å². The fourth-order valence-corrected chi connectivity index (χ4v) is 4.18. The Morgan fingerprint density at radius 2 is 1.87 bits per heavy atom. The maximum Gasteiger partial charge on any atom is 0.238 e. The van der Waals surface area contributed by atoms with Crippen LogP contribution >= 0.6 is 18.7 Å². The molecule has 1 aromatic carbocycles. The Hall–Kier alpha value is -2.67. The Morgan fingerprint density at radius 3 is 2.58 bits per heavy atom. The maximum atomic E-state index is 12.6. The number of aliphatic hydroxyl groups excluding tert-OH is 1. The molecule has 10 heteroatoms. The predicted molar refractivity (Wildman–Crippen MR) is 125 cm³/mol. The first-order valence-corrected chi connectivity index (χ1v) is 12.7. The van der Waals surface area contributed by atoms with Gasteiger partial charge in [0.2, 0.25) is 11.8 Å². The van der Waals surface area contributed by atoms with Crippen molar-refractivity contribution in [2.45, 2.75) is 13.3 Å². The molecular formula is C21H25ClN5O3P. The van der Waals surface area contributed by atoms with Gasteiger partial charge in [-0.1, -0.05) is 23.7 Å². The third-order valence-electron chi connectivity index (χ3n) is 4.29. The Balaban J connectivity index is 1.90. The Morgan fingerprint density at radius 1 is 1.10 bits per heavy atom. The monoisotopic (exact) mass is 461 g/mol. The van der Waals surface area contributed by atoms with Gasteiger partial charge in [-0.15, -0.1) is 0 Å². The van der Waals surface area contributed by atoms with Gasteiger partial charge in [0.15, 0.2) is 5.82 Å². The van der Waals surface area contributed by atoms with Gasteiger partial charge >= 0.3 is 0 Å². The maximum absolute atomic E-state index is 12.6. The van der Waals surface area contributed by atoms with Gasteiger partial charge in [-0.25, -0.2) is 9.97 Å². The van der Waals surface area contributed by atoms with E-state index in [4.69, 9.17) is 21.4 Å². The van der Waals surface area contributed by atoms with Crippen molar-refractivity contribution >= 4 is 47.2 Å². The van der Waals surface area contributed by atoms with E-state index in [0.717, 1.165) is 5.69 Å². The number of para-hydroxylation sites is 1. The van der Waals surface area contributed by atoms with Crippen LogP contribution in [-0.2, 0) is 11.0 Å². The fourth-order valence-electron chi connectivity index (χ4n) is 2.89. The lowest BCUT2D eigenvalue weighted by Crippen LogP contribution is -2.11. The number of nitrogens with one attached hydrogen (secondary N) is 2. The van der Waals surface area contributed by atoms with E-state index in [9.17, 15) is 4.57 Å². The molecule has 0 spiro atoms. The van der Waals surface area contributed by atoms with Crippen molar-refractivity contribution in [3.8, 4) is 5.88 Å². The minimum absolute atomic E-state index is 0.00455. The number of anilines is 4. The van der Waals surface area contributed by atoms with Crippen molar-refractivity contribution in [2.24, 2.45) is 0 Å². The van der Waals surface area contributed by atoms with Gasteiger partial charge in [-0.05, 0) is 44.5 Å². The van der Waals surface area contributed by atoms with Crippen LogP contribution in [-0.4, -0.2) is 46.6 Å². The number of halogens is 1. The number of nitrogens with zero attached hydrogens (tertiary/aromatic N) is 3. The summed E-state index contributed by atoms with van der Waals surface area (Å²) in [6.07, 6.45) is 1.91. The first kappa shape index (κ1) is 23.0. The zero-order valence-electron chi connectivity index (χ0n) is 17.6. The summed E-state index contributed by atoms with van der Waals surface area (Å²) in [7, 11) is -2.51. The van der Waals surface area contributed by atoms with Crippen LogP contribution in [0.2, 0.25) is 5.02 Å². The van der Waals surface area contributed by atoms with E-state index < -0.39 is 7.14 Å². The zero-order valence-corrected chi connectivity index (χ0v) is 19.2. The van der Waals surface area contributed by atoms with Crippen LogP contribution in [0.15, 0.2) is 42.6 Å². The minimum atomic E-state index is -2.51. The second-order valence-electron chi connectivity index (χ2n) is 7.07. The van der Waals surface area contributed by atoms with E-state index in [-0.39, 0.29) is 6.61 Å². The van der Waals surface area contributed by atoms with Crippen LogP contribution in [0.5, 0.6) is 5.88 Å². The molecule has 3 rings (SSSR count). The second-order valence-corrected chi connectivity index (χ2v) is 10.7. The summed E-state index contributed by atoms with van der Waals surface area (Å²) in [5, 5.41) is 16.4. The van der Waals surface area contributed by atoms with Crippen molar-refractivity contribution in [3.63, 3.8) is 0 Å². The number of ether oxygens (including phenoxy) is 1. The highest BCUT2D eigenvalue weighted by Crippen LogP contribution is 2.38. The van der Waals surface area contributed by atoms with Gasteiger partial charge in [0.25, 0.3) is 0 Å². The summed E-state index contributed by atoms with van der Waals surface area (Å²) in [5.74, 6) is 1.06. The van der Waals surface area contributed by atoms with Gasteiger partial charge in [0.05, 0.1) is 18.5 Å². The van der Waals surface area contributed by atoms with Crippen molar-refractivity contribution < 1.29 is 14.4 Å². The quantitative estimate of drug-likeness (QED) is 0.407. The molecule has 0 aliphatic rings. The van der Waals surface area contributed by atoms with Crippen LogP contribution in [0.25, 0.3) is 0 Å². The molecule has 3 N–H and O–H groups in total. The lowest BCUT2D eigenvalue weighted by atomic mass is 10.2. The van der Waals surface area contributed by atoms with E-state index >= 15 is 0 Å². The van der Waals surface area contributed by atoms with E-state index in [0.29, 0.717) is 52.4 Å². The largest absolute Gasteiger partial charge is 0.476 e. The second kappa shape index (κ2) is 10.1. The zero-order chi connectivity index (χ0) is 22.4. The highest BCUT2D eigenvalue weighted by atomic mass is 35.5. The fraction of sp³-hybridized carbons (Fsp3) is 0.286. The van der Waals surface area contributed by atoms with Gasteiger partial charge in [0, 0.05) is 24.0 Å². The van der Waals surface area contributed by atoms with Crippen LogP contribution in [0.1, 0.15) is 12.6 Å². The lowest BCUT2D eigenvalue weighted by molar-refractivity contribution is 0.295. The Bertz CT molecular complexity index is 1110. The number of benzene rings is 1. The molecule has 0 saturated carbocycles. The Labute approximate surface area is 186 Å². The molecule has 0 fully saturated rings. The standard InChI is InChI=1S/C21H25ClN5O3P/c1-4-30-20-17(10-9-14(24-20)11-12-28)26-21-23-13-15(22)19(27-21)25-16-7-5-6-8-18(16)31(2,3)29/h5-10,13,28H,4,11-12H2,1-3H3,(H2,23,25,26,27). The van der Waals surface area contributed by atoms with Crippen molar-refractivity contribution in [3.05, 3.63) is 53.3 Å². The van der Waals surface area contributed by atoms with Gasteiger partial charge in [-0.3, -0.25) is 0 Å². The summed E-state index contributed by atoms with van der Waals surface area (Å²) < 4.78 is 18.3. The molecule has 0 aliphatic heterocycles. The third-order valence-corrected chi connectivity index (χ3v) is 6.12. The number of aliphatic hydroxyl groups is 1. The molecule has 0 radical (unpaired) electrons. The van der Waals surface area contributed by atoms with Crippen molar-refractivity contribution in [1.29, 1.82) is 0 Å². The number of hydrogen-bond acceptors (Lipinski definition) is 8. The summed E-state index contributed by atoms with van der Waals surface area (Å²) in [5.41, 5.74) is 1.98. The molecule has 0 bridgehead atoms. The minimum Gasteiger partial charge on any atom is -0.476 e. The summed E-state index contributed by atoms with van der Waals surface area (Å²) >= 11 is 6.31. The first-order chi connectivity index (χ1) is 14.8. The summed E-state index contributed by atoms with van der Waals surface area (Å²) in [4.78, 5) is 13.1. The molecule has 0 amide bonds. The summed E-state index contributed by atoms with van der Waals surface area (Å²) in [6.45, 7) is 5.73. The van der Waals surface area contributed by atoms with Gasteiger partial charge in [0.1, 0.15) is 17.9 Å². The normalized spacial score (nSPS) is 11.3. The van der Waals surface area contributed by atoms with Gasteiger partial charge < -0.3 is 25.0 Å². The van der Waals surface area contributed by atoms with Crippen molar-refractivity contribution in [1.82, 2.24) is 15.0 Å². The molecule has 2 aromatic heterocycles.